The van der Waals surface area contributed by atoms with Gasteiger partial charge >= 0.3 is 5.97 Å². The van der Waals surface area contributed by atoms with E-state index in [4.69, 9.17) is 23.2 Å². The zero-order valence-electron chi connectivity index (χ0n) is 10.7. The van der Waals surface area contributed by atoms with E-state index in [2.05, 4.69) is 0 Å². The lowest BCUT2D eigenvalue weighted by atomic mass is 10.0. The number of carboxylic acids is 1. The van der Waals surface area contributed by atoms with Crippen molar-refractivity contribution in [3.8, 4) is 0 Å². The van der Waals surface area contributed by atoms with Crippen molar-refractivity contribution in [1.82, 2.24) is 0 Å². The predicted molar refractivity (Wildman–Crippen MR) is 83.1 cm³/mol. The standard InChI is InChI=1S/C16H12Cl2O2/c1-10-2-5-12(6-3-10)13(16(19)20)8-11-4-7-14(17)15(18)9-11/h2-9H,1H3,(H,19,20)/b13-8-. The van der Waals surface area contributed by atoms with Crippen molar-refractivity contribution in [3.63, 3.8) is 0 Å². The predicted octanol–water partition coefficient (Wildman–Crippen LogP) is 4.93. The zero-order valence-corrected chi connectivity index (χ0v) is 12.2. The Hall–Kier alpha value is -1.77. The first kappa shape index (κ1) is 14.6. The molecule has 0 amide bonds. The minimum atomic E-state index is -0.986. The first-order chi connectivity index (χ1) is 9.47. The molecule has 0 heterocycles. The van der Waals surface area contributed by atoms with Gasteiger partial charge in [-0.05, 0) is 36.3 Å². The zero-order chi connectivity index (χ0) is 14.7. The topological polar surface area (TPSA) is 37.3 Å². The van der Waals surface area contributed by atoms with Crippen LogP contribution in [0, 0.1) is 6.92 Å². The molecular weight excluding hydrogens is 295 g/mol. The average molecular weight is 307 g/mol. The van der Waals surface area contributed by atoms with Crippen LogP contribution in [0.2, 0.25) is 10.0 Å². The highest BCUT2D eigenvalue weighted by molar-refractivity contribution is 6.42. The molecule has 0 bridgehead atoms. The molecule has 102 valence electrons. The molecule has 0 spiro atoms. The van der Waals surface area contributed by atoms with Crippen LogP contribution in [0.3, 0.4) is 0 Å². The van der Waals surface area contributed by atoms with Crippen molar-refractivity contribution >= 4 is 40.8 Å². The second kappa shape index (κ2) is 6.12. The molecule has 0 unspecified atom stereocenters. The molecule has 2 nitrogen and oxygen atoms in total. The number of carboxylic acid groups (broad SMARTS) is 1. The van der Waals surface area contributed by atoms with Gasteiger partial charge in [-0.25, -0.2) is 4.79 Å². The molecule has 20 heavy (non-hydrogen) atoms. The van der Waals surface area contributed by atoms with Crippen LogP contribution < -0.4 is 0 Å². The van der Waals surface area contributed by atoms with Gasteiger partial charge in [0.1, 0.15) is 0 Å². The van der Waals surface area contributed by atoms with Crippen molar-refractivity contribution in [2.75, 3.05) is 0 Å². The molecule has 4 heteroatoms. The van der Waals surface area contributed by atoms with E-state index in [1.54, 1.807) is 36.4 Å². The van der Waals surface area contributed by atoms with Crippen LogP contribution in [0.1, 0.15) is 16.7 Å². The van der Waals surface area contributed by atoms with Crippen molar-refractivity contribution in [3.05, 3.63) is 69.2 Å². The van der Waals surface area contributed by atoms with Crippen molar-refractivity contribution in [2.45, 2.75) is 6.92 Å². The summed E-state index contributed by atoms with van der Waals surface area (Å²) in [4.78, 5) is 11.4. The van der Waals surface area contributed by atoms with E-state index in [0.29, 0.717) is 21.2 Å². The second-order valence-corrected chi connectivity index (χ2v) is 5.22. The Bertz CT molecular complexity index is 673. The van der Waals surface area contributed by atoms with Crippen LogP contribution in [0.25, 0.3) is 11.6 Å². The molecule has 0 fully saturated rings. The number of carbonyl (C=O) groups is 1. The first-order valence-corrected chi connectivity index (χ1v) is 6.70. The summed E-state index contributed by atoms with van der Waals surface area (Å²) in [7, 11) is 0. The summed E-state index contributed by atoms with van der Waals surface area (Å²) in [5.41, 5.74) is 2.63. The molecule has 0 atom stereocenters. The summed E-state index contributed by atoms with van der Waals surface area (Å²) >= 11 is 11.8. The Labute approximate surface area is 127 Å². The summed E-state index contributed by atoms with van der Waals surface area (Å²) < 4.78 is 0. The third-order valence-electron chi connectivity index (χ3n) is 2.85. The van der Waals surface area contributed by atoms with Gasteiger partial charge in [0.15, 0.2) is 0 Å². The molecule has 0 aliphatic heterocycles. The molecule has 0 radical (unpaired) electrons. The van der Waals surface area contributed by atoms with Crippen LogP contribution in [0.4, 0.5) is 0 Å². The number of hydrogen-bond donors (Lipinski definition) is 1. The summed E-state index contributed by atoms with van der Waals surface area (Å²) in [6.45, 7) is 1.95. The minimum Gasteiger partial charge on any atom is -0.478 e. The van der Waals surface area contributed by atoms with E-state index in [-0.39, 0.29) is 5.57 Å². The Kier molecular flexibility index (Phi) is 4.48. The number of aryl methyl sites for hydroxylation is 1. The summed E-state index contributed by atoms with van der Waals surface area (Å²) in [5.74, 6) is -0.986. The second-order valence-electron chi connectivity index (χ2n) is 4.40. The van der Waals surface area contributed by atoms with Gasteiger partial charge in [-0.3, -0.25) is 0 Å². The van der Waals surface area contributed by atoms with Gasteiger partial charge in [-0.1, -0.05) is 59.1 Å². The minimum absolute atomic E-state index is 0.211. The van der Waals surface area contributed by atoms with Gasteiger partial charge in [-0.2, -0.15) is 0 Å². The Morgan fingerprint density at radius 2 is 1.70 bits per heavy atom. The fraction of sp³-hybridized carbons (Fsp3) is 0.0625. The number of halogens is 2. The van der Waals surface area contributed by atoms with E-state index in [1.807, 2.05) is 19.1 Å². The normalized spacial score (nSPS) is 11.4. The molecular formula is C16H12Cl2O2. The average Bonchev–Trinajstić information content (AvgIpc) is 2.41. The highest BCUT2D eigenvalue weighted by Crippen LogP contribution is 2.25. The maximum atomic E-state index is 11.4. The van der Waals surface area contributed by atoms with Gasteiger partial charge in [0.05, 0.1) is 15.6 Å². The third kappa shape index (κ3) is 3.41. The molecule has 1 N–H and O–H groups in total. The Morgan fingerprint density at radius 1 is 1.05 bits per heavy atom. The molecule has 0 aliphatic carbocycles. The number of benzene rings is 2. The number of rotatable bonds is 3. The molecule has 2 rings (SSSR count). The third-order valence-corrected chi connectivity index (χ3v) is 3.59. The van der Waals surface area contributed by atoms with Crippen LogP contribution in [0.15, 0.2) is 42.5 Å². The highest BCUT2D eigenvalue weighted by atomic mass is 35.5. The fourth-order valence-electron chi connectivity index (χ4n) is 1.77. The Morgan fingerprint density at radius 3 is 2.25 bits per heavy atom. The van der Waals surface area contributed by atoms with Gasteiger partial charge < -0.3 is 5.11 Å². The summed E-state index contributed by atoms with van der Waals surface area (Å²) in [6, 6.07) is 12.3. The van der Waals surface area contributed by atoms with Gasteiger partial charge in [-0.15, -0.1) is 0 Å². The van der Waals surface area contributed by atoms with Crippen molar-refractivity contribution in [1.29, 1.82) is 0 Å². The van der Waals surface area contributed by atoms with E-state index >= 15 is 0 Å². The lowest BCUT2D eigenvalue weighted by molar-refractivity contribution is -0.130. The lowest BCUT2D eigenvalue weighted by Crippen LogP contribution is -1.99. The van der Waals surface area contributed by atoms with Crippen LogP contribution in [-0.2, 0) is 4.79 Å². The van der Waals surface area contributed by atoms with Gasteiger partial charge in [0.25, 0.3) is 0 Å². The summed E-state index contributed by atoms with van der Waals surface area (Å²) in [5, 5.41) is 10.2. The SMILES string of the molecule is Cc1ccc(/C(=C/c2ccc(Cl)c(Cl)c2)C(=O)O)cc1. The van der Waals surface area contributed by atoms with Crippen molar-refractivity contribution in [2.24, 2.45) is 0 Å². The molecule has 0 aliphatic rings. The smallest absolute Gasteiger partial charge is 0.336 e. The van der Waals surface area contributed by atoms with Gasteiger partial charge in [0, 0.05) is 0 Å². The first-order valence-electron chi connectivity index (χ1n) is 5.94. The van der Waals surface area contributed by atoms with E-state index in [9.17, 15) is 9.90 Å². The maximum Gasteiger partial charge on any atom is 0.336 e. The monoisotopic (exact) mass is 306 g/mol. The molecule has 0 saturated carbocycles. The highest BCUT2D eigenvalue weighted by Gasteiger charge is 2.10. The largest absolute Gasteiger partial charge is 0.478 e. The van der Waals surface area contributed by atoms with E-state index in [0.717, 1.165) is 5.56 Å². The van der Waals surface area contributed by atoms with Gasteiger partial charge in [0.2, 0.25) is 0 Å². The van der Waals surface area contributed by atoms with E-state index < -0.39 is 5.97 Å². The molecule has 2 aromatic carbocycles. The van der Waals surface area contributed by atoms with Crippen LogP contribution in [0.5, 0.6) is 0 Å². The lowest BCUT2D eigenvalue weighted by Gasteiger charge is -2.05. The molecule has 0 aromatic heterocycles. The summed E-state index contributed by atoms with van der Waals surface area (Å²) in [6.07, 6.45) is 1.58. The fourth-order valence-corrected chi connectivity index (χ4v) is 2.08. The van der Waals surface area contributed by atoms with E-state index in [1.165, 1.54) is 0 Å². The number of hydrogen-bond acceptors (Lipinski definition) is 1. The molecule has 0 saturated heterocycles. The maximum absolute atomic E-state index is 11.4. The molecule has 2 aromatic rings. The number of aliphatic carboxylic acids is 1. The van der Waals surface area contributed by atoms with Crippen LogP contribution >= 0.6 is 23.2 Å². The Balaban J connectivity index is 2.47. The van der Waals surface area contributed by atoms with Crippen molar-refractivity contribution < 1.29 is 9.90 Å². The quantitative estimate of drug-likeness (QED) is 0.645. The van der Waals surface area contributed by atoms with Crippen LogP contribution in [-0.4, -0.2) is 11.1 Å².